The summed E-state index contributed by atoms with van der Waals surface area (Å²) in [7, 11) is 0. The second kappa shape index (κ2) is 7.24. The number of benzene rings is 2. The predicted molar refractivity (Wildman–Crippen MR) is 78.2 cm³/mol. The molecule has 0 aromatic heterocycles. The molecular formula is C17H16O4. The van der Waals surface area contributed by atoms with Crippen LogP contribution in [0.2, 0.25) is 0 Å². The number of hydrogen-bond donors (Lipinski definition) is 0. The first-order chi connectivity index (χ1) is 10.1. The van der Waals surface area contributed by atoms with Crippen LogP contribution >= 0.6 is 0 Å². The van der Waals surface area contributed by atoms with E-state index in [1.807, 2.05) is 30.3 Å². The second-order valence-corrected chi connectivity index (χ2v) is 4.51. The zero-order valence-corrected chi connectivity index (χ0v) is 11.7. The molecule has 0 aliphatic rings. The van der Waals surface area contributed by atoms with Gasteiger partial charge in [0.05, 0.1) is 0 Å². The first kappa shape index (κ1) is 14.8. The smallest absolute Gasteiger partial charge is 0.303 e. The third-order valence-electron chi connectivity index (χ3n) is 2.81. The average molecular weight is 284 g/mol. The maximum Gasteiger partial charge on any atom is 0.303 e. The topological polar surface area (TPSA) is 52.6 Å². The van der Waals surface area contributed by atoms with Crippen molar-refractivity contribution in [1.82, 2.24) is 0 Å². The first-order valence-electron chi connectivity index (χ1n) is 6.58. The number of ketones is 1. The summed E-state index contributed by atoms with van der Waals surface area (Å²) in [6.07, 6.45) is 0. The molecule has 0 N–H and O–H groups in total. The highest BCUT2D eigenvalue weighted by Crippen LogP contribution is 2.15. The number of carbonyl (C=O) groups is 2. The van der Waals surface area contributed by atoms with Gasteiger partial charge in [-0.15, -0.1) is 0 Å². The fraction of sp³-hybridized carbons (Fsp3) is 0.176. The number of hydrogen-bond acceptors (Lipinski definition) is 4. The van der Waals surface area contributed by atoms with Gasteiger partial charge < -0.3 is 9.47 Å². The highest BCUT2D eigenvalue weighted by atomic mass is 16.5. The summed E-state index contributed by atoms with van der Waals surface area (Å²) >= 11 is 0. The molecule has 0 aliphatic carbocycles. The second-order valence-electron chi connectivity index (χ2n) is 4.51. The largest absolute Gasteiger partial charge is 0.489 e. The summed E-state index contributed by atoms with van der Waals surface area (Å²) in [5.74, 6) is -0.122. The van der Waals surface area contributed by atoms with Gasteiger partial charge in [0, 0.05) is 12.5 Å². The molecule has 0 saturated heterocycles. The Hall–Kier alpha value is -2.62. The standard InChI is InChI=1S/C17H16O4/c1-13(18)20-12-17(19)15-8-5-9-16(10-15)21-11-14-6-3-2-4-7-14/h2-10H,11-12H2,1H3. The van der Waals surface area contributed by atoms with E-state index in [1.165, 1.54) is 6.92 Å². The third-order valence-corrected chi connectivity index (χ3v) is 2.81. The molecule has 0 bridgehead atoms. The van der Waals surface area contributed by atoms with Crippen molar-refractivity contribution >= 4 is 11.8 Å². The Kier molecular flexibility index (Phi) is 5.10. The van der Waals surface area contributed by atoms with Crippen molar-refractivity contribution in [3.8, 4) is 5.75 Å². The van der Waals surface area contributed by atoms with Crippen LogP contribution in [0, 0.1) is 0 Å². The van der Waals surface area contributed by atoms with Crippen molar-refractivity contribution < 1.29 is 19.1 Å². The van der Waals surface area contributed by atoms with Gasteiger partial charge in [0.25, 0.3) is 0 Å². The highest BCUT2D eigenvalue weighted by Gasteiger charge is 2.08. The Morgan fingerprint density at radius 1 is 1.00 bits per heavy atom. The van der Waals surface area contributed by atoms with E-state index in [2.05, 4.69) is 0 Å². The van der Waals surface area contributed by atoms with Gasteiger partial charge in [-0.1, -0.05) is 42.5 Å². The monoisotopic (exact) mass is 284 g/mol. The van der Waals surface area contributed by atoms with Gasteiger partial charge in [0.15, 0.2) is 12.4 Å². The molecule has 0 unspecified atom stereocenters. The van der Waals surface area contributed by atoms with E-state index in [1.54, 1.807) is 24.3 Å². The third kappa shape index (κ3) is 4.76. The molecule has 0 atom stereocenters. The first-order valence-corrected chi connectivity index (χ1v) is 6.58. The molecule has 108 valence electrons. The molecule has 4 heteroatoms. The van der Waals surface area contributed by atoms with E-state index in [0.717, 1.165) is 5.56 Å². The van der Waals surface area contributed by atoms with Crippen LogP contribution in [-0.2, 0) is 16.1 Å². The van der Waals surface area contributed by atoms with Crippen molar-refractivity contribution in [1.29, 1.82) is 0 Å². The number of carbonyl (C=O) groups excluding carboxylic acids is 2. The van der Waals surface area contributed by atoms with Gasteiger partial charge in [-0.25, -0.2) is 0 Å². The van der Waals surface area contributed by atoms with Gasteiger partial charge >= 0.3 is 5.97 Å². The van der Waals surface area contributed by atoms with Crippen molar-refractivity contribution in [2.24, 2.45) is 0 Å². The maximum atomic E-state index is 11.8. The van der Waals surface area contributed by atoms with E-state index in [0.29, 0.717) is 17.9 Å². The van der Waals surface area contributed by atoms with Crippen LogP contribution in [0.25, 0.3) is 0 Å². The molecule has 2 rings (SSSR count). The van der Waals surface area contributed by atoms with E-state index in [4.69, 9.17) is 9.47 Å². The molecule has 2 aromatic carbocycles. The van der Waals surface area contributed by atoms with Gasteiger partial charge in [-0.05, 0) is 17.7 Å². The average Bonchev–Trinajstić information content (AvgIpc) is 2.52. The van der Waals surface area contributed by atoms with Crippen LogP contribution in [0.3, 0.4) is 0 Å². The minimum atomic E-state index is -0.472. The molecule has 0 aliphatic heterocycles. The molecule has 0 amide bonds. The highest BCUT2D eigenvalue weighted by molar-refractivity contribution is 5.98. The van der Waals surface area contributed by atoms with Crippen LogP contribution < -0.4 is 4.74 Å². The summed E-state index contributed by atoms with van der Waals surface area (Å²) in [6, 6.07) is 16.6. The lowest BCUT2D eigenvalue weighted by atomic mass is 10.1. The van der Waals surface area contributed by atoms with Crippen LogP contribution in [0.5, 0.6) is 5.75 Å². The molecule has 4 nitrogen and oxygen atoms in total. The van der Waals surface area contributed by atoms with Crippen molar-refractivity contribution in [2.75, 3.05) is 6.61 Å². The Bertz CT molecular complexity index is 620. The van der Waals surface area contributed by atoms with Crippen LogP contribution in [0.15, 0.2) is 54.6 Å². The Labute approximate surface area is 123 Å². The van der Waals surface area contributed by atoms with Crippen molar-refractivity contribution in [2.45, 2.75) is 13.5 Å². The molecule has 0 heterocycles. The van der Waals surface area contributed by atoms with Gasteiger partial charge in [-0.2, -0.15) is 0 Å². The van der Waals surface area contributed by atoms with Crippen LogP contribution in [0.1, 0.15) is 22.8 Å². The zero-order chi connectivity index (χ0) is 15.1. The fourth-order valence-corrected chi connectivity index (χ4v) is 1.75. The van der Waals surface area contributed by atoms with Crippen LogP contribution in [-0.4, -0.2) is 18.4 Å². The summed E-state index contributed by atoms with van der Waals surface area (Å²) in [4.78, 5) is 22.5. The Morgan fingerprint density at radius 3 is 2.48 bits per heavy atom. The normalized spacial score (nSPS) is 9.95. The molecular weight excluding hydrogens is 268 g/mol. The summed E-state index contributed by atoms with van der Waals surface area (Å²) in [5, 5.41) is 0. The van der Waals surface area contributed by atoms with E-state index < -0.39 is 5.97 Å². The molecule has 0 radical (unpaired) electrons. The minimum absolute atomic E-state index is 0.253. The lowest BCUT2D eigenvalue weighted by Gasteiger charge is -2.08. The Morgan fingerprint density at radius 2 is 1.76 bits per heavy atom. The lowest BCUT2D eigenvalue weighted by Crippen LogP contribution is -2.11. The van der Waals surface area contributed by atoms with E-state index >= 15 is 0 Å². The quantitative estimate of drug-likeness (QED) is 0.604. The maximum absolute atomic E-state index is 11.8. The van der Waals surface area contributed by atoms with Crippen molar-refractivity contribution in [3.63, 3.8) is 0 Å². The number of rotatable bonds is 6. The molecule has 0 spiro atoms. The summed E-state index contributed by atoms with van der Waals surface area (Å²) in [5.41, 5.74) is 1.51. The minimum Gasteiger partial charge on any atom is -0.489 e. The number of ether oxygens (including phenoxy) is 2. The molecule has 2 aromatic rings. The number of esters is 1. The van der Waals surface area contributed by atoms with Gasteiger partial charge in [0.1, 0.15) is 12.4 Å². The lowest BCUT2D eigenvalue weighted by molar-refractivity contribution is -0.139. The zero-order valence-electron chi connectivity index (χ0n) is 11.7. The fourth-order valence-electron chi connectivity index (χ4n) is 1.75. The van der Waals surface area contributed by atoms with E-state index in [-0.39, 0.29) is 12.4 Å². The Balaban J connectivity index is 1.97. The van der Waals surface area contributed by atoms with Gasteiger partial charge in [-0.3, -0.25) is 9.59 Å². The van der Waals surface area contributed by atoms with Gasteiger partial charge in [0.2, 0.25) is 0 Å². The van der Waals surface area contributed by atoms with Crippen LogP contribution in [0.4, 0.5) is 0 Å². The molecule has 0 fully saturated rings. The number of Topliss-reactive ketones (excluding diaryl/α,β-unsaturated/α-hetero) is 1. The van der Waals surface area contributed by atoms with E-state index in [9.17, 15) is 9.59 Å². The SMILES string of the molecule is CC(=O)OCC(=O)c1cccc(OCc2ccccc2)c1. The molecule has 21 heavy (non-hydrogen) atoms. The summed E-state index contributed by atoms with van der Waals surface area (Å²) in [6.45, 7) is 1.45. The summed E-state index contributed by atoms with van der Waals surface area (Å²) < 4.78 is 10.3. The van der Waals surface area contributed by atoms with Crippen molar-refractivity contribution in [3.05, 3.63) is 65.7 Å². The molecule has 0 saturated carbocycles. The predicted octanol–water partition coefficient (Wildman–Crippen LogP) is 3.01.